The van der Waals surface area contributed by atoms with Gasteiger partial charge in [-0.25, -0.2) is 0 Å². The minimum absolute atomic E-state index is 0.134. The molecule has 0 aliphatic heterocycles. The van der Waals surface area contributed by atoms with Crippen molar-refractivity contribution in [3.63, 3.8) is 0 Å². The van der Waals surface area contributed by atoms with Gasteiger partial charge in [0, 0.05) is 0 Å². The predicted molar refractivity (Wildman–Crippen MR) is 63.7 cm³/mol. The van der Waals surface area contributed by atoms with E-state index in [2.05, 4.69) is 27.7 Å². The molecule has 2 aliphatic rings. The Morgan fingerprint density at radius 2 is 1.93 bits per heavy atom. The third-order valence-corrected chi connectivity index (χ3v) is 5.72. The summed E-state index contributed by atoms with van der Waals surface area (Å²) in [5.74, 6) is 0.754. The van der Waals surface area contributed by atoms with Crippen LogP contribution in [0.25, 0.3) is 0 Å². The molecule has 2 bridgehead atoms. The van der Waals surface area contributed by atoms with Crippen molar-refractivity contribution in [2.24, 2.45) is 16.7 Å². The van der Waals surface area contributed by atoms with Crippen molar-refractivity contribution in [2.75, 3.05) is 0 Å². The van der Waals surface area contributed by atoms with Crippen LogP contribution in [0.1, 0.15) is 66.2 Å². The Hall–Kier alpha value is -0.0400. The summed E-state index contributed by atoms with van der Waals surface area (Å²) in [6, 6.07) is 0. The van der Waals surface area contributed by atoms with E-state index in [1.54, 1.807) is 0 Å². The molecule has 0 radical (unpaired) electrons. The summed E-state index contributed by atoms with van der Waals surface area (Å²) in [6.45, 7) is 9.11. The molecule has 2 saturated carbocycles. The van der Waals surface area contributed by atoms with E-state index in [1.165, 1.54) is 32.1 Å². The molecule has 3 atom stereocenters. The summed E-state index contributed by atoms with van der Waals surface area (Å²) in [7, 11) is 0. The van der Waals surface area contributed by atoms with E-state index >= 15 is 0 Å². The van der Waals surface area contributed by atoms with Gasteiger partial charge in [0.25, 0.3) is 0 Å². The highest BCUT2D eigenvalue weighted by Crippen LogP contribution is 2.69. The fourth-order valence-corrected chi connectivity index (χ4v) is 4.40. The van der Waals surface area contributed by atoms with Crippen molar-refractivity contribution in [3.8, 4) is 0 Å². The van der Waals surface area contributed by atoms with Crippen LogP contribution in [0.3, 0.4) is 0 Å². The minimum Gasteiger partial charge on any atom is -0.389 e. The van der Waals surface area contributed by atoms with Crippen molar-refractivity contribution >= 4 is 0 Å². The van der Waals surface area contributed by atoms with E-state index in [-0.39, 0.29) is 10.8 Å². The molecule has 0 aromatic heterocycles. The van der Waals surface area contributed by atoms with Gasteiger partial charge in [0.15, 0.2) is 0 Å². The molecule has 0 amide bonds. The van der Waals surface area contributed by atoms with Gasteiger partial charge in [0.1, 0.15) is 0 Å². The molecule has 0 aromatic rings. The van der Waals surface area contributed by atoms with Crippen molar-refractivity contribution in [1.82, 2.24) is 0 Å². The van der Waals surface area contributed by atoms with E-state index in [9.17, 15) is 5.11 Å². The zero-order valence-corrected chi connectivity index (χ0v) is 10.8. The lowest BCUT2D eigenvalue weighted by Crippen LogP contribution is -2.53. The van der Waals surface area contributed by atoms with Gasteiger partial charge in [-0.3, -0.25) is 0 Å². The molecule has 15 heavy (non-hydrogen) atoms. The molecule has 0 saturated heterocycles. The molecule has 2 fully saturated rings. The van der Waals surface area contributed by atoms with Crippen LogP contribution < -0.4 is 0 Å². The number of hydrogen-bond acceptors (Lipinski definition) is 1. The molecule has 1 nitrogen and oxygen atoms in total. The fourth-order valence-electron chi connectivity index (χ4n) is 4.40. The molecule has 88 valence electrons. The van der Waals surface area contributed by atoms with Crippen LogP contribution in [0.2, 0.25) is 0 Å². The molecule has 2 rings (SSSR count). The lowest BCUT2D eigenvalue weighted by atomic mass is 9.58. The van der Waals surface area contributed by atoms with E-state index in [1.807, 2.05) is 0 Å². The first-order chi connectivity index (χ1) is 6.87. The van der Waals surface area contributed by atoms with Gasteiger partial charge in [-0.2, -0.15) is 0 Å². The SMILES string of the molecule is CCCC[C@@]1(O)C(C)(C)[C@H]2CC[C@]1(C)C2. The van der Waals surface area contributed by atoms with Crippen LogP contribution in [0.15, 0.2) is 0 Å². The second-order valence-electron chi connectivity index (χ2n) is 6.69. The maximum atomic E-state index is 11.1. The van der Waals surface area contributed by atoms with Gasteiger partial charge >= 0.3 is 0 Å². The van der Waals surface area contributed by atoms with E-state index in [4.69, 9.17) is 0 Å². The smallest absolute Gasteiger partial charge is 0.0754 e. The van der Waals surface area contributed by atoms with Gasteiger partial charge in [-0.05, 0) is 42.4 Å². The van der Waals surface area contributed by atoms with Gasteiger partial charge in [-0.1, -0.05) is 40.5 Å². The number of rotatable bonds is 3. The highest BCUT2D eigenvalue weighted by molar-refractivity contribution is 5.17. The summed E-state index contributed by atoms with van der Waals surface area (Å²) in [6.07, 6.45) is 7.18. The van der Waals surface area contributed by atoms with Crippen molar-refractivity contribution in [3.05, 3.63) is 0 Å². The molecule has 2 aliphatic carbocycles. The standard InChI is InChI=1S/C14H26O/c1-5-6-8-14(15)12(2,3)11-7-9-13(14,4)10-11/h11,15H,5-10H2,1-4H3/t11-,13+,14+/m0/s1. The summed E-state index contributed by atoms with van der Waals surface area (Å²) in [5.41, 5.74) is -0.0650. The topological polar surface area (TPSA) is 20.2 Å². The van der Waals surface area contributed by atoms with Crippen LogP contribution in [-0.4, -0.2) is 10.7 Å². The Morgan fingerprint density at radius 3 is 2.40 bits per heavy atom. The Balaban J connectivity index is 2.28. The zero-order valence-electron chi connectivity index (χ0n) is 10.8. The van der Waals surface area contributed by atoms with E-state index in [0.29, 0.717) is 0 Å². The minimum atomic E-state index is -0.404. The van der Waals surface area contributed by atoms with Gasteiger partial charge in [0.05, 0.1) is 5.60 Å². The highest BCUT2D eigenvalue weighted by atomic mass is 16.3. The lowest BCUT2D eigenvalue weighted by molar-refractivity contribution is -0.148. The third-order valence-electron chi connectivity index (χ3n) is 5.72. The van der Waals surface area contributed by atoms with Crippen LogP contribution in [0.5, 0.6) is 0 Å². The van der Waals surface area contributed by atoms with Gasteiger partial charge in [0.2, 0.25) is 0 Å². The van der Waals surface area contributed by atoms with Crippen molar-refractivity contribution in [2.45, 2.75) is 71.8 Å². The maximum absolute atomic E-state index is 11.1. The summed E-state index contributed by atoms with van der Waals surface area (Å²) in [5, 5.41) is 11.1. The molecule has 0 unspecified atom stereocenters. The summed E-state index contributed by atoms with van der Waals surface area (Å²) in [4.78, 5) is 0. The second kappa shape index (κ2) is 3.23. The maximum Gasteiger partial charge on any atom is 0.0754 e. The average molecular weight is 210 g/mol. The van der Waals surface area contributed by atoms with Crippen LogP contribution in [0, 0.1) is 16.7 Å². The molecule has 1 heteroatoms. The van der Waals surface area contributed by atoms with Crippen molar-refractivity contribution in [1.29, 1.82) is 0 Å². The molecule has 0 heterocycles. The highest BCUT2D eigenvalue weighted by Gasteiger charge is 2.67. The Kier molecular flexibility index (Phi) is 2.46. The normalized spacial score (nSPS) is 47.4. The van der Waals surface area contributed by atoms with Gasteiger partial charge in [-0.15, -0.1) is 0 Å². The van der Waals surface area contributed by atoms with E-state index < -0.39 is 5.60 Å². The number of fused-ring (bicyclic) bond motifs is 2. The predicted octanol–water partition coefficient (Wildman–Crippen LogP) is 3.75. The Labute approximate surface area is 94.3 Å². The molecule has 0 spiro atoms. The first kappa shape index (κ1) is 11.4. The van der Waals surface area contributed by atoms with Crippen LogP contribution in [-0.2, 0) is 0 Å². The quantitative estimate of drug-likeness (QED) is 0.752. The fraction of sp³-hybridized carbons (Fsp3) is 1.00. The first-order valence-electron chi connectivity index (χ1n) is 6.60. The molecule has 0 aromatic carbocycles. The van der Waals surface area contributed by atoms with Crippen LogP contribution >= 0.6 is 0 Å². The number of aliphatic hydroxyl groups is 1. The molecular formula is C14H26O. The Morgan fingerprint density at radius 1 is 1.27 bits per heavy atom. The van der Waals surface area contributed by atoms with Crippen molar-refractivity contribution < 1.29 is 5.11 Å². The average Bonchev–Trinajstić information content (AvgIpc) is 2.63. The second-order valence-corrected chi connectivity index (χ2v) is 6.69. The van der Waals surface area contributed by atoms with Gasteiger partial charge < -0.3 is 5.11 Å². The number of unbranched alkanes of at least 4 members (excludes halogenated alkanes) is 1. The zero-order chi connectivity index (χ0) is 11.3. The largest absolute Gasteiger partial charge is 0.389 e. The number of hydrogen-bond donors (Lipinski definition) is 1. The summed E-state index contributed by atoms with van der Waals surface area (Å²) < 4.78 is 0. The first-order valence-corrected chi connectivity index (χ1v) is 6.60. The Bertz CT molecular complexity index is 251. The lowest BCUT2D eigenvalue weighted by Gasteiger charge is -2.51. The molecular weight excluding hydrogens is 184 g/mol. The summed E-state index contributed by atoms with van der Waals surface area (Å²) >= 11 is 0. The van der Waals surface area contributed by atoms with E-state index in [0.717, 1.165) is 12.3 Å². The van der Waals surface area contributed by atoms with Crippen LogP contribution in [0.4, 0.5) is 0 Å². The monoisotopic (exact) mass is 210 g/mol. The third kappa shape index (κ3) is 1.25. The molecule has 1 N–H and O–H groups in total.